The molecule has 22 heavy (non-hydrogen) atoms. The van der Waals surface area contributed by atoms with E-state index in [1.807, 2.05) is 37.3 Å². The minimum absolute atomic E-state index is 0.168. The van der Waals surface area contributed by atoms with Crippen molar-refractivity contribution in [1.29, 1.82) is 0 Å². The second-order valence-electron chi connectivity index (χ2n) is 4.89. The van der Waals surface area contributed by atoms with E-state index >= 15 is 0 Å². The number of hydrogen-bond donors (Lipinski definition) is 1. The average molecular weight is 313 g/mol. The zero-order valence-electron chi connectivity index (χ0n) is 12.3. The molecule has 0 aliphatic rings. The molecule has 0 aliphatic heterocycles. The number of thiazole rings is 1. The predicted octanol–water partition coefficient (Wildman–Crippen LogP) is 2.51. The normalized spacial score (nSPS) is 10.6. The summed E-state index contributed by atoms with van der Waals surface area (Å²) in [6.07, 6.45) is 1.80. The van der Waals surface area contributed by atoms with Crippen molar-refractivity contribution in [1.82, 2.24) is 25.3 Å². The lowest BCUT2D eigenvalue weighted by atomic mass is 10.1. The number of rotatable bonds is 4. The minimum atomic E-state index is -0.168. The number of hydrogen-bond acceptors (Lipinski definition) is 5. The van der Waals surface area contributed by atoms with Gasteiger partial charge in [-0.3, -0.25) is 4.79 Å². The lowest BCUT2D eigenvalue weighted by molar-refractivity contribution is 0.0781. The van der Waals surface area contributed by atoms with Gasteiger partial charge in [-0.1, -0.05) is 30.3 Å². The molecule has 0 radical (unpaired) electrons. The van der Waals surface area contributed by atoms with Gasteiger partial charge < -0.3 is 4.90 Å². The van der Waals surface area contributed by atoms with Gasteiger partial charge in [-0.15, -0.1) is 11.3 Å². The van der Waals surface area contributed by atoms with E-state index in [9.17, 15) is 4.79 Å². The standard InChI is InChI=1S/C15H15N5OS/c1-10-16-8-12(22-10)9-20(2)15(21)14-13(17-19-18-14)11-6-4-3-5-7-11/h3-8H,9H2,1-2H3,(H,17,18,19). The Hall–Kier alpha value is -2.54. The van der Waals surface area contributed by atoms with Gasteiger partial charge in [-0.05, 0) is 6.92 Å². The second kappa shape index (κ2) is 6.07. The summed E-state index contributed by atoms with van der Waals surface area (Å²) in [6, 6.07) is 9.54. The van der Waals surface area contributed by atoms with Crippen LogP contribution in [0.3, 0.4) is 0 Å². The van der Waals surface area contributed by atoms with Crippen molar-refractivity contribution in [2.75, 3.05) is 7.05 Å². The first-order valence-corrected chi connectivity index (χ1v) is 7.60. The van der Waals surface area contributed by atoms with E-state index in [2.05, 4.69) is 20.4 Å². The Labute approximate surface area is 131 Å². The van der Waals surface area contributed by atoms with Gasteiger partial charge in [0.25, 0.3) is 5.91 Å². The first-order chi connectivity index (χ1) is 10.6. The molecule has 0 spiro atoms. The first-order valence-electron chi connectivity index (χ1n) is 6.78. The molecule has 7 heteroatoms. The number of H-pyrrole nitrogens is 1. The molecular weight excluding hydrogens is 298 g/mol. The van der Waals surface area contributed by atoms with E-state index in [0.717, 1.165) is 15.4 Å². The molecule has 0 unspecified atom stereocenters. The van der Waals surface area contributed by atoms with Crippen molar-refractivity contribution >= 4 is 17.2 Å². The first kappa shape index (κ1) is 14.4. The van der Waals surface area contributed by atoms with Crippen molar-refractivity contribution in [2.45, 2.75) is 13.5 Å². The fourth-order valence-electron chi connectivity index (χ4n) is 2.14. The maximum Gasteiger partial charge on any atom is 0.276 e. The number of nitrogens with zero attached hydrogens (tertiary/aromatic N) is 4. The molecule has 6 nitrogen and oxygen atoms in total. The fraction of sp³-hybridized carbons (Fsp3) is 0.200. The van der Waals surface area contributed by atoms with Crippen LogP contribution in [0.2, 0.25) is 0 Å². The van der Waals surface area contributed by atoms with Crippen LogP contribution in [0.4, 0.5) is 0 Å². The zero-order chi connectivity index (χ0) is 15.5. The van der Waals surface area contributed by atoms with Crippen molar-refractivity contribution < 1.29 is 4.79 Å². The number of aromatic nitrogens is 4. The third-order valence-electron chi connectivity index (χ3n) is 3.21. The molecule has 3 aromatic rings. The molecule has 1 N–H and O–H groups in total. The van der Waals surface area contributed by atoms with Crippen LogP contribution in [0.1, 0.15) is 20.4 Å². The Morgan fingerprint density at radius 3 is 2.73 bits per heavy atom. The Bertz CT molecular complexity index is 780. The maximum absolute atomic E-state index is 12.6. The van der Waals surface area contributed by atoms with Gasteiger partial charge >= 0.3 is 0 Å². The molecular formula is C15H15N5OS. The van der Waals surface area contributed by atoms with Gasteiger partial charge in [-0.25, -0.2) is 4.98 Å². The molecule has 0 saturated carbocycles. The summed E-state index contributed by atoms with van der Waals surface area (Å²) in [7, 11) is 1.75. The molecule has 0 fully saturated rings. The van der Waals surface area contributed by atoms with Crippen LogP contribution in [-0.4, -0.2) is 38.2 Å². The van der Waals surface area contributed by atoms with E-state index in [4.69, 9.17) is 0 Å². The quantitative estimate of drug-likeness (QED) is 0.803. The van der Waals surface area contributed by atoms with Crippen LogP contribution in [0.15, 0.2) is 36.5 Å². The van der Waals surface area contributed by atoms with Crippen LogP contribution in [0.25, 0.3) is 11.3 Å². The average Bonchev–Trinajstić information content (AvgIpc) is 3.16. The van der Waals surface area contributed by atoms with E-state index < -0.39 is 0 Å². The van der Waals surface area contributed by atoms with Crippen molar-refractivity contribution in [3.05, 3.63) is 52.1 Å². The molecule has 0 saturated heterocycles. The van der Waals surface area contributed by atoms with Gasteiger partial charge in [0.2, 0.25) is 0 Å². The van der Waals surface area contributed by atoms with Gasteiger partial charge in [-0.2, -0.15) is 15.4 Å². The number of carbonyl (C=O) groups is 1. The summed E-state index contributed by atoms with van der Waals surface area (Å²) in [5.41, 5.74) is 1.76. The second-order valence-corrected chi connectivity index (χ2v) is 6.21. The minimum Gasteiger partial charge on any atom is -0.335 e. The molecule has 112 valence electrons. The molecule has 0 aliphatic carbocycles. The fourth-order valence-corrected chi connectivity index (χ4v) is 2.99. The maximum atomic E-state index is 12.6. The highest BCUT2D eigenvalue weighted by Gasteiger charge is 2.21. The molecule has 3 rings (SSSR count). The highest BCUT2D eigenvalue weighted by Crippen LogP contribution is 2.21. The number of benzene rings is 1. The Balaban J connectivity index is 1.82. The van der Waals surface area contributed by atoms with E-state index in [0.29, 0.717) is 17.9 Å². The lowest BCUT2D eigenvalue weighted by Crippen LogP contribution is -2.26. The summed E-state index contributed by atoms with van der Waals surface area (Å²) in [5, 5.41) is 11.7. The third-order valence-corrected chi connectivity index (χ3v) is 4.10. The predicted molar refractivity (Wildman–Crippen MR) is 84.5 cm³/mol. The van der Waals surface area contributed by atoms with Crippen LogP contribution in [0.5, 0.6) is 0 Å². The van der Waals surface area contributed by atoms with Gasteiger partial charge in [0.05, 0.1) is 11.6 Å². The van der Waals surface area contributed by atoms with Crippen LogP contribution in [-0.2, 0) is 6.54 Å². The SMILES string of the molecule is Cc1ncc(CN(C)C(=O)c2n[nH]nc2-c2ccccc2)s1. The smallest absolute Gasteiger partial charge is 0.276 e. The van der Waals surface area contributed by atoms with Gasteiger partial charge in [0.15, 0.2) is 5.69 Å². The molecule has 0 bridgehead atoms. The largest absolute Gasteiger partial charge is 0.335 e. The highest BCUT2D eigenvalue weighted by molar-refractivity contribution is 7.11. The van der Waals surface area contributed by atoms with Crippen LogP contribution in [0, 0.1) is 6.92 Å². The Morgan fingerprint density at radius 2 is 2.05 bits per heavy atom. The number of aryl methyl sites for hydroxylation is 1. The highest BCUT2D eigenvalue weighted by atomic mass is 32.1. The van der Waals surface area contributed by atoms with Crippen molar-refractivity contribution in [3.63, 3.8) is 0 Å². The van der Waals surface area contributed by atoms with Gasteiger partial charge in [0, 0.05) is 23.7 Å². The number of amides is 1. The zero-order valence-corrected chi connectivity index (χ0v) is 13.1. The van der Waals surface area contributed by atoms with E-state index in [-0.39, 0.29) is 5.91 Å². The molecule has 1 amide bonds. The third kappa shape index (κ3) is 2.89. The summed E-state index contributed by atoms with van der Waals surface area (Å²) in [4.78, 5) is 19.5. The van der Waals surface area contributed by atoms with Crippen LogP contribution < -0.4 is 0 Å². The lowest BCUT2D eigenvalue weighted by Gasteiger charge is -2.14. The molecule has 2 heterocycles. The van der Waals surface area contributed by atoms with Gasteiger partial charge in [0.1, 0.15) is 5.69 Å². The Kier molecular flexibility index (Phi) is 3.97. The molecule has 0 atom stereocenters. The molecule has 2 aromatic heterocycles. The summed E-state index contributed by atoms with van der Waals surface area (Å²) >= 11 is 1.58. The van der Waals surface area contributed by atoms with Crippen molar-refractivity contribution in [2.24, 2.45) is 0 Å². The summed E-state index contributed by atoms with van der Waals surface area (Å²) in [6.45, 7) is 2.45. The number of nitrogens with one attached hydrogen (secondary N) is 1. The van der Waals surface area contributed by atoms with E-state index in [1.165, 1.54) is 0 Å². The Morgan fingerprint density at radius 1 is 1.27 bits per heavy atom. The monoisotopic (exact) mass is 313 g/mol. The number of aromatic amines is 1. The summed E-state index contributed by atoms with van der Waals surface area (Å²) in [5.74, 6) is -0.168. The summed E-state index contributed by atoms with van der Waals surface area (Å²) < 4.78 is 0. The van der Waals surface area contributed by atoms with Crippen molar-refractivity contribution in [3.8, 4) is 11.3 Å². The molecule has 1 aromatic carbocycles. The number of carbonyl (C=O) groups excluding carboxylic acids is 1. The topological polar surface area (TPSA) is 74.8 Å². The van der Waals surface area contributed by atoms with E-state index in [1.54, 1.807) is 29.5 Å². The van der Waals surface area contributed by atoms with Crippen LogP contribution >= 0.6 is 11.3 Å².